The molecule has 1 aliphatic rings. The summed E-state index contributed by atoms with van der Waals surface area (Å²) < 4.78 is 7.55. The largest absolute Gasteiger partial charge is 0.474 e. The van der Waals surface area contributed by atoms with E-state index in [2.05, 4.69) is 10.4 Å². The molecule has 15 heavy (non-hydrogen) atoms. The van der Waals surface area contributed by atoms with Crippen molar-refractivity contribution in [3.05, 3.63) is 12.3 Å². The summed E-state index contributed by atoms with van der Waals surface area (Å²) in [7, 11) is 0. The Morgan fingerprint density at radius 2 is 2.47 bits per heavy atom. The molecule has 4 nitrogen and oxygen atoms in total. The number of hydrogen-bond donors (Lipinski definition) is 1. The number of hydrogen-bond acceptors (Lipinski definition) is 3. The average Bonchev–Trinajstić information content (AvgIpc) is 2.67. The van der Waals surface area contributed by atoms with E-state index in [-0.39, 0.29) is 6.10 Å². The summed E-state index contributed by atoms with van der Waals surface area (Å²) in [6.07, 6.45) is 4.63. The summed E-state index contributed by atoms with van der Waals surface area (Å²) >= 11 is 0. The van der Waals surface area contributed by atoms with Gasteiger partial charge in [0, 0.05) is 18.8 Å². The molecule has 2 rings (SSSR count). The molecule has 1 fully saturated rings. The summed E-state index contributed by atoms with van der Waals surface area (Å²) in [4.78, 5) is 0. The van der Waals surface area contributed by atoms with E-state index in [1.807, 2.05) is 30.8 Å². The lowest BCUT2D eigenvalue weighted by Crippen LogP contribution is -2.31. The Morgan fingerprint density at radius 3 is 3.13 bits per heavy atom. The molecule has 0 spiro atoms. The summed E-state index contributed by atoms with van der Waals surface area (Å²) in [5, 5.41) is 7.81. The van der Waals surface area contributed by atoms with E-state index in [1.165, 1.54) is 12.8 Å². The molecule has 1 aliphatic heterocycles. The molecule has 1 aromatic rings. The molecule has 1 unspecified atom stereocenters. The molecule has 84 valence electrons. The van der Waals surface area contributed by atoms with Gasteiger partial charge in [-0.05, 0) is 33.2 Å². The predicted molar refractivity (Wildman–Crippen MR) is 59.1 cm³/mol. The SMILES string of the molecule is CC(C)Oc1ccn(C2CCCNC2)n1. The Balaban J connectivity index is 1.99. The van der Waals surface area contributed by atoms with Crippen molar-refractivity contribution in [2.75, 3.05) is 13.1 Å². The highest BCUT2D eigenvalue weighted by atomic mass is 16.5. The van der Waals surface area contributed by atoms with Gasteiger partial charge < -0.3 is 10.1 Å². The van der Waals surface area contributed by atoms with Crippen LogP contribution in [0, 0.1) is 0 Å². The highest BCUT2D eigenvalue weighted by Crippen LogP contribution is 2.18. The van der Waals surface area contributed by atoms with E-state index in [0.29, 0.717) is 6.04 Å². The molecular weight excluding hydrogens is 190 g/mol. The zero-order chi connectivity index (χ0) is 10.7. The van der Waals surface area contributed by atoms with Crippen LogP contribution in [0.2, 0.25) is 0 Å². The monoisotopic (exact) mass is 209 g/mol. The summed E-state index contributed by atoms with van der Waals surface area (Å²) in [5.74, 6) is 0.732. The predicted octanol–water partition coefficient (Wildman–Crippen LogP) is 1.59. The van der Waals surface area contributed by atoms with Gasteiger partial charge in [-0.25, -0.2) is 0 Å². The zero-order valence-corrected chi connectivity index (χ0v) is 9.44. The second-order valence-electron chi connectivity index (χ2n) is 4.30. The fraction of sp³-hybridized carbons (Fsp3) is 0.727. The van der Waals surface area contributed by atoms with E-state index >= 15 is 0 Å². The lowest BCUT2D eigenvalue weighted by molar-refractivity contribution is 0.226. The number of aromatic nitrogens is 2. The first-order valence-corrected chi connectivity index (χ1v) is 5.68. The number of nitrogens with zero attached hydrogens (tertiary/aromatic N) is 2. The van der Waals surface area contributed by atoms with Crippen molar-refractivity contribution in [3.8, 4) is 5.88 Å². The fourth-order valence-electron chi connectivity index (χ4n) is 1.89. The van der Waals surface area contributed by atoms with E-state index in [0.717, 1.165) is 19.0 Å². The van der Waals surface area contributed by atoms with Gasteiger partial charge in [-0.1, -0.05) is 0 Å². The second kappa shape index (κ2) is 4.66. The Labute approximate surface area is 90.6 Å². The second-order valence-corrected chi connectivity index (χ2v) is 4.30. The van der Waals surface area contributed by atoms with Crippen molar-refractivity contribution in [1.29, 1.82) is 0 Å². The van der Waals surface area contributed by atoms with Crippen molar-refractivity contribution in [2.24, 2.45) is 0 Å². The molecule has 0 aliphatic carbocycles. The van der Waals surface area contributed by atoms with Crippen LogP contribution in [0.25, 0.3) is 0 Å². The normalized spacial score (nSPS) is 21.9. The molecule has 1 atom stereocenters. The molecule has 1 aromatic heterocycles. The Bertz CT molecular complexity index is 303. The van der Waals surface area contributed by atoms with Gasteiger partial charge in [0.15, 0.2) is 0 Å². The maximum atomic E-state index is 5.53. The van der Waals surface area contributed by atoms with Crippen LogP contribution in [0.4, 0.5) is 0 Å². The van der Waals surface area contributed by atoms with Gasteiger partial charge in [0.2, 0.25) is 5.88 Å². The maximum Gasteiger partial charge on any atom is 0.232 e. The van der Waals surface area contributed by atoms with E-state index < -0.39 is 0 Å². The highest BCUT2D eigenvalue weighted by molar-refractivity contribution is 5.07. The molecule has 2 heterocycles. The van der Waals surface area contributed by atoms with Crippen LogP contribution in [-0.2, 0) is 0 Å². The third-order valence-corrected chi connectivity index (χ3v) is 2.59. The standard InChI is InChI=1S/C11H19N3O/c1-9(2)15-11-5-7-14(13-11)10-4-3-6-12-8-10/h5,7,9-10,12H,3-4,6,8H2,1-2H3. The summed E-state index contributed by atoms with van der Waals surface area (Å²) in [6.45, 7) is 6.18. The number of nitrogens with one attached hydrogen (secondary N) is 1. The number of piperidine rings is 1. The smallest absolute Gasteiger partial charge is 0.232 e. The summed E-state index contributed by atoms with van der Waals surface area (Å²) in [6, 6.07) is 2.43. The quantitative estimate of drug-likeness (QED) is 0.821. The van der Waals surface area contributed by atoms with Gasteiger partial charge in [0.1, 0.15) is 0 Å². The van der Waals surface area contributed by atoms with E-state index in [1.54, 1.807) is 0 Å². The van der Waals surface area contributed by atoms with Crippen LogP contribution in [0.1, 0.15) is 32.7 Å². The lowest BCUT2D eigenvalue weighted by Gasteiger charge is -2.22. The van der Waals surface area contributed by atoms with Gasteiger partial charge in [-0.2, -0.15) is 0 Å². The Kier molecular flexibility index (Phi) is 3.26. The molecule has 4 heteroatoms. The van der Waals surface area contributed by atoms with Crippen molar-refractivity contribution in [1.82, 2.24) is 15.1 Å². The van der Waals surface area contributed by atoms with Crippen LogP contribution < -0.4 is 10.1 Å². The minimum absolute atomic E-state index is 0.192. The number of rotatable bonds is 3. The van der Waals surface area contributed by atoms with E-state index in [4.69, 9.17) is 4.74 Å². The third kappa shape index (κ3) is 2.72. The molecule has 1 saturated heterocycles. The molecule has 0 amide bonds. The summed E-state index contributed by atoms with van der Waals surface area (Å²) in [5.41, 5.74) is 0. The minimum Gasteiger partial charge on any atom is -0.474 e. The molecule has 0 saturated carbocycles. The first-order chi connectivity index (χ1) is 7.25. The maximum absolute atomic E-state index is 5.53. The first kappa shape index (κ1) is 10.5. The van der Waals surface area contributed by atoms with E-state index in [9.17, 15) is 0 Å². The van der Waals surface area contributed by atoms with Crippen LogP contribution in [-0.4, -0.2) is 29.0 Å². The van der Waals surface area contributed by atoms with Gasteiger partial charge >= 0.3 is 0 Å². The van der Waals surface area contributed by atoms with Crippen LogP contribution in [0.5, 0.6) is 5.88 Å². The molecule has 1 N–H and O–H groups in total. The average molecular weight is 209 g/mol. The van der Waals surface area contributed by atoms with Crippen molar-refractivity contribution in [3.63, 3.8) is 0 Å². The van der Waals surface area contributed by atoms with Gasteiger partial charge in [-0.15, -0.1) is 5.10 Å². The number of ether oxygens (including phenoxy) is 1. The fourth-order valence-corrected chi connectivity index (χ4v) is 1.89. The van der Waals surface area contributed by atoms with Gasteiger partial charge in [-0.3, -0.25) is 4.68 Å². The van der Waals surface area contributed by atoms with Gasteiger partial charge in [0.25, 0.3) is 0 Å². The minimum atomic E-state index is 0.192. The first-order valence-electron chi connectivity index (χ1n) is 5.68. The molecule has 0 bridgehead atoms. The van der Waals surface area contributed by atoms with Crippen molar-refractivity contribution < 1.29 is 4.74 Å². The topological polar surface area (TPSA) is 39.1 Å². The highest BCUT2D eigenvalue weighted by Gasteiger charge is 2.15. The molecular formula is C11H19N3O. The Morgan fingerprint density at radius 1 is 1.60 bits per heavy atom. The zero-order valence-electron chi connectivity index (χ0n) is 9.44. The van der Waals surface area contributed by atoms with Crippen LogP contribution in [0.3, 0.4) is 0 Å². The third-order valence-electron chi connectivity index (χ3n) is 2.59. The lowest BCUT2D eigenvalue weighted by atomic mass is 10.1. The Hall–Kier alpha value is -1.03. The van der Waals surface area contributed by atoms with Crippen molar-refractivity contribution in [2.45, 2.75) is 38.8 Å². The van der Waals surface area contributed by atoms with Crippen LogP contribution in [0.15, 0.2) is 12.3 Å². The van der Waals surface area contributed by atoms with Crippen LogP contribution >= 0.6 is 0 Å². The molecule has 0 radical (unpaired) electrons. The van der Waals surface area contributed by atoms with Crippen molar-refractivity contribution >= 4 is 0 Å². The molecule has 0 aromatic carbocycles. The van der Waals surface area contributed by atoms with Gasteiger partial charge in [0.05, 0.1) is 12.1 Å².